The van der Waals surface area contributed by atoms with Crippen LogP contribution in [0.2, 0.25) is 0 Å². The molecule has 0 radical (unpaired) electrons. The van der Waals surface area contributed by atoms with Crippen molar-refractivity contribution in [3.05, 3.63) is 0 Å². The van der Waals surface area contributed by atoms with Crippen molar-refractivity contribution >= 4 is 18.5 Å². The number of nitrogens with one attached hydrogen (secondary N) is 2. The summed E-state index contributed by atoms with van der Waals surface area (Å²) in [5.41, 5.74) is 0. The second kappa shape index (κ2) is 6.08. The Labute approximate surface area is 78.1 Å². The van der Waals surface area contributed by atoms with Crippen LogP contribution in [0.25, 0.3) is 0 Å². The number of hydrogen-bond acceptors (Lipinski definition) is 2. The van der Waals surface area contributed by atoms with Gasteiger partial charge in [-0.05, 0) is 31.8 Å². The molecular formula is C7H15ClN2O2. The molecule has 4 nitrogen and oxygen atoms in total. The fraction of sp³-hybridized carbons (Fsp3) is 0.857. The van der Waals surface area contributed by atoms with Crippen molar-refractivity contribution in [2.24, 2.45) is 5.92 Å². The van der Waals surface area contributed by atoms with E-state index in [1.807, 2.05) is 0 Å². The van der Waals surface area contributed by atoms with Crippen molar-refractivity contribution in [2.45, 2.75) is 12.8 Å². The molecule has 1 amide bonds. The van der Waals surface area contributed by atoms with Gasteiger partial charge in [0.05, 0.1) is 0 Å². The van der Waals surface area contributed by atoms with Gasteiger partial charge in [0.2, 0.25) is 0 Å². The number of carboxylic acid groups (broad SMARTS) is 1. The van der Waals surface area contributed by atoms with Crippen molar-refractivity contribution in [2.75, 3.05) is 19.6 Å². The zero-order chi connectivity index (χ0) is 8.10. The highest BCUT2D eigenvalue weighted by Crippen LogP contribution is 2.07. The average molecular weight is 195 g/mol. The van der Waals surface area contributed by atoms with E-state index in [0.717, 1.165) is 25.9 Å². The van der Waals surface area contributed by atoms with E-state index >= 15 is 0 Å². The van der Waals surface area contributed by atoms with Gasteiger partial charge in [0.25, 0.3) is 0 Å². The van der Waals surface area contributed by atoms with E-state index in [1.54, 1.807) is 0 Å². The maximum Gasteiger partial charge on any atom is 0.404 e. The number of hydrogen-bond donors (Lipinski definition) is 3. The fourth-order valence-corrected chi connectivity index (χ4v) is 1.33. The highest BCUT2D eigenvalue weighted by molar-refractivity contribution is 5.85. The minimum atomic E-state index is -0.921. The van der Waals surface area contributed by atoms with E-state index < -0.39 is 6.09 Å². The average Bonchev–Trinajstić information content (AvgIpc) is 2.03. The third kappa shape index (κ3) is 4.41. The van der Waals surface area contributed by atoms with Crippen LogP contribution in [0, 0.1) is 5.92 Å². The van der Waals surface area contributed by atoms with Crippen LogP contribution in [0.3, 0.4) is 0 Å². The molecule has 1 aliphatic heterocycles. The lowest BCUT2D eigenvalue weighted by molar-refractivity contribution is 0.191. The molecule has 12 heavy (non-hydrogen) atoms. The van der Waals surface area contributed by atoms with Crippen LogP contribution in [0.15, 0.2) is 0 Å². The van der Waals surface area contributed by atoms with E-state index in [4.69, 9.17) is 5.11 Å². The first-order chi connectivity index (χ1) is 5.29. The first-order valence-electron chi connectivity index (χ1n) is 3.96. The van der Waals surface area contributed by atoms with Crippen molar-refractivity contribution in [1.29, 1.82) is 0 Å². The Morgan fingerprint density at radius 2 is 2.42 bits per heavy atom. The standard InChI is InChI=1S/C7H14N2O2.ClH/c10-7(11)9-5-6-2-1-3-8-4-6;/h6,8-9H,1-5H2,(H,10,11);1H/t6-;/m1./s1. The third-order valence-electron chi connectivity index (χ3n) is 1.94. The van der Waals surface area contributed by atoms with Crippen LogP contribution in [0.5, 0.6) is 0 Å². The van der Waals surface area contributed by atoms with Gasteiger partial charge in [-0.15, -0.1) is 12.4 Å². The monoisotopic (exact) mass is 194 g/mol. The molecule has 0 spiro atoms. The Morgan fingerprint density at radius 1 is 1.67 bits per heavy atom. The molecule has 0 bridgehead atoms. The highest BCUT2D eigenvalue weighted by Gasteiger charge is 2.12. The molecule has 0 aromatic heterocycles. The molecular weight excluding hydrogens is 180 g/mol. The molecule has 1 fully saturated rings. The second-order valence-corrected chi connectivity index (χ2v) is 2.90. The minimum absolute atomic E-state index is 0. The molecule has 5 heteroatoms. The maximum atomic E-state index is 10.1. The molecule has 1 rings (SSSR count). The Balaban J connectivity index is 0.00000121. The number of amides is 1. The zero-order valence-corrected chi connectivity index (χ0v) is 7.69. The van der Waals surface area contributed by atoms with Crippen LogP contribution in [0.1, 0.15) is 12.8 Å². The number of carbonyl (C=O) groups is 1. The Bertz CT molecular complexity index is 137. The fourth-order valence-electron chi connectivity index (χ4n) is 1.33. The summed E-state index contributed by atoms with van der Waals surface area (Å²) >= 11 is 0. The summed E-state index contributed by atoms with van der Waals surface area (Å²) < 4.78 is 0. The Kier molecular flexibility index (Phi) is 5.84. The predicted molar refractivity (Wildman–Crippen MR) is 48.9 cm³/mol. The smallest absolute Gasteiger partial charge is 0.404 e. The quantitative estimate of drug-likeness (QED) is 0.606. The first kappa shape index (κ1) is 11.5. The van der Waals surface area contributed by atoms with Gasteiger partial charge in [-0.25, -0.2) is 4.79 Å². The van der Waals surface area contributed by atoms with E-state index in [9.17, 15) is 4.79 Å². The maximum absolute atomic E-state index is 10.1. The number of rotatable bonds is 2. The van der Waals surface area contributed by atoms with Crippen molar-refractivity contribution in [1.82, 2.24) is 10.6 Å². The van der Waals surface area contributed by atoms with Gasteiger partial charge in [0, 0.05) is 6.54 Å². The van der Waals surface area contributed by atoms with Gasteiger partial charge in [-0.2, -0.15) is 0 Å². The summed E-state index contributed by atoms with van der Waals surface area (Å²) in [5, 5.41) is 13.9. The summed E-state index contributed by atoms with van der Waals surface area (Å²) in [5.74, 6) is 0.486. The molecule has 72 valence electrons. The first-order valence-corrected chi connectivity index (χ1v) is 3.96. The van der Waals surface area contributed by atoms with Crippen LogP contribution >= 0.6 is 12.4 Å². The summed E-state index contributed by atoms with van der Waals surface area (Å²) in [4.78, 5) is 10.1. The van der Waals surface area contributed by atoms with Gasteiger partial charge in [-0.3, -0.25) is 0 Å². The molecule has 0 aromatic carbocycles. The molecule has 0 saturated carbocycles. The summed E-state index contributed by atoms with van der Waals surface area (Å²) in [6.07, 6.45) is 1.37. The summed E-state index contributed by atoms with van der Waals surface area (Å²) in [6, 6.07) is 0. The minimum Gasteiger partial charge on any atom is -0.465 e. The van der Waals surface area contributed by atoms with Crippen molar-refractivity contribution < 1.29 is 9.90 Å². The normalized spacial score (nSPS) is 22.5. The lowest BCUT2D eigenvalue weighted by Gasteiger charge is -2.22. The number of halogens is 1. The Morgan fingerprint density at radius 3 is 2.92 bits per heavy atom. The molecule has 0 unspecified atom stereocenters. The van der Waals surface area contributed by atoms with Crippen LogP contribution in [-0.4, -0.2) is 30.8 Å². The molecule has 1 atom stereocenters. The van der Waals surface area contributed by atoms with Gasteiger partial charge >= 0.3 is 6.09 Å². The third-order valence-corrected chi connectivity index (χ3v) is 1.94. The highest BCUT2D eigenvalue weighted by atomic mass is 35.5. The lowest BCUT2D eigenvalue weighted by Crippen LogP contribution is -2.37. The Hall–Kier alpha value is -0.480. The SMILES string of the molecule is Cl.O=C(O)NC[C@@H]1CCCNC1. The molecule has 1 aliphatic rings. The summed E-state index contributed by atoms with van der Waals surface area (Å²) in [6.45, 7) is 2.60. The van der Waals surface area contributed by atoms with Gasteiger partial charge in [0.15, 0.2) is 0 Å². The molecule has 0 aromatic rings. The van der Waals surface area contributed by atoms with Gasteiger partial charge in [-0.1, -0.05) is 0 Å². The van der Waals surface area contributed by atoms with Gasteiger partial charge in [0.1, 0.15) is 0 Å². The lowest BCUT2D eigenvalue weighted by atomic mass is 10.00. The topological polar surface area (TPSA) is 61.4 Å². The van der Waals surface area contributed by atoms with E-state index in [0.29, 0.717) is 12.5 Å². The molecule has 1 saturated heterocycles. The molecule has 1 heterocycles. The molecule has 0 aliphatic carbocycles. The van der Waals surface area contributed by atoms with E-state index in [-0.39, 0.29) is 12.4 Å². The van der Waals surface area contributed by atoms with Crippen molar-refractivity contribution in [3.8, 4) is 0 Å². The number of piperidine rings is 1. The van der Waals surface area contributed by atoms with Crippen LogP contribution in [0.4, 0.5) is 4.79 Å². The largest absolute Gasteiger partial charge is 0.465 e. The zero-order valence-electron chi connectivity index (χ0n) is 6.88. The van der Waals surface area contributed by atoms with Crippen LogP contribution < -0.4 is 10.6 Å². The van der Waals surface area contributed by atoms with Gasteiger partial charge < -0.3 is 15.7 Å². The summed E-state index contributed by atoms with van der Waals surface area (Å²) in [7, 11) is 0. The van der Waals surface area contributed by atoms with E-state index in [2.05, 4.69) is 10.6 Å². The molecule has 3 N–H and O–H groups in total. The van der Waals surface area contributed by atoms with E-state index in [1.165, 1.54) is 0 Å². The second-order valence-electron chi connectivity index (χ2n) is 2.90. The van der Waals surface area contributed by atoms with Crippen LogP contribution in [-0.2, 0) is 0 Å². The van der Waals surface area contributed by atoms with Crippen molar-refractivity contribution in [3.63, 3.8) is 0 Å². The predicted octanol–water partition coefficient (Wildman–Crippen LogP) is 0.675.